The summed E-state index contributed by atoms with van der Waals surface area (Å²) in [7, 11) is 0. The van der Waals surface area contributed by atoms with Crippen LogP contribution in [-0.4, -0.2) is 22.0 Å². The van der Waals surface area contributed by atoms with E-state index in [0.29, 0.717) is 28.5 Å². The second kappa shape index (κ2) is 7.65. The first kappa shape index (κ1) is 17.4. The maximum atomic E-state index is 12.4. The molecule has 6 nitrogen and oxygen atoms in total. The summed E-state index contributed by atoms with van der Waals surface area (Å²) in [5.74, 6) is 0.821. The lowest BCUT2D eigenvalue weighted by Gasteiger charge is -2.15. The van der Waals surface area contributed by atoms with Crippen LogP contribution >= 0.6 is 0 Å². The second-order valence-electron chi connectivity index (χ2n) is 5.88. The molecule has 26 heavy (non-hydrogen) atoms. The van der Waals surface area contributed by atoms with E-state index in [1.807, 2.05) is 24.3 Å². The smallest absolute Gasteiger partial charge is 0.265 e. The van der Waals surface area contributed by atoms with Crippen LogP contribution in [0.25, 0.3) is 11.4 Å². The Morgan fingerprint density at radius 1 is 1.12 bits per heavy atom. The molecule has 0 aliphatic heterocycles. The lowest BCUT2D eigenvalue weighted by Crippen LogP contribution is -2.30. The summed E-state index contributed by atoms with van der Waals surface area (Å²) in [4.78, 5) is 31.0. The predicted octanol–water partition coefficient (Wildman–Crippen LogP) is 3.15. The summed E-state index contributed by atoms with van der Waals surface area (Å²) in [6, 6.07) is 17.7. The Balaban J connectivity index is 1.74. The van der Waals surface area contributed by atoms with Gasteiger partial charge in [-0.05, 0) is 38.1 Å². The zero-order valence-electron chi connectivity index (χ0n) is 14.5. The molecule has 0 bridgehead atoms. The molecule has 0 saturated heterocycles. The number of aromatic nitrogens is 2. The van der Waals surface area contributed by atoms with Crippen molar-refractivity contribution in [3.63, 3.8) is 0 Å². The molecule has 0 spiro atoms. The molecule has 2 N–H and O–H groups in total. The molecule has 1 atom stereocenters. The Hall–Kier alpha value is -3.41. The Bertz CT molecular complexity index is 967. The van der Waals surface area contributed by atoms with Gasteiger partial charge in [0.2, 0.25) is 0 Å². The van der Waals surface area contributed by atoms with E-state index in [0.717, 1.165) is 0 Å². The summed E-state index contributed by atoms with van der Waals surface area (Å²) in [6.07, 6.45) is -0.655. The molecule has 0 aliphatic carbocycles. The highest BCUT2D eigenvalue weighted by molar-refractivity contribution is 5.94. The van der Waals surface area contributed by atoms with Crippen LogP contribution < -0.4 is 15.6 Å². The Morgan fingerprint density at radius 2 is 1.88 bits per heavy atom. The van der Waals surface area contributed by atoms with Crippen LogP contribution in [-0.2, 0) is 4.79 Å². The Kier molecular flexibility index (Phi) is 5.12. The minimum absolute atomic E-state index is 0.216. The second-order valence-corrected chi connectivity index (χ2v) is 5.88. The summed E-state index contributed by atoms with van der Waals surface area (Å²) in [5, 5.41) is 2.82. The fourth-order valence-electron chi connectivity index (χ4n) is 2.46. The number of nitrogens with one attached hydrogen (secondary N) is 2. The quantitative estimate of drug-likeness (QED) is 0.741. The van der Waals surface area contributed by atoms with Gasteiger partial charge in [-0.15, -0.1) is 0 Å². The topological polar surface area (TPSA) is 84.1 Å². The number of carbonyl (C=O) groups excluding carboxylic acids is 1. The van der Waals surface area contributed by atoms with E-state index in [2.05, 4.69) is 15.3 Å². The normalized spacial score (nSPS) is 11.6. The van der Waals surface area contributed by atoms with Crippen LogP contribution in [0.3, 0.4) is 0 Å². The van der Waals surface area contributed by atoms with Crippen LogP contribution in [0.2, 0.25) is 0 Å². The number of aryl methyl sites for hydroxylation is 1. The third-order valence-corrected chi connectivity index (χ3v) is 3.70. The number of amides is 1. The van der Waals surface area contributed by atoms with Crippen molar-refractivity contribution in [2.24, 2.45) is 0 Å². The lowest BCUT2D eigenvalue weighted by molar-refractivity contribution is -0.122. The largest absolute Gasteiger partial charge is 0.481 e. The van der Waals surface area contributed by atoms with Gasteiger partial charge in [-0.3, -0.25) is 9.59 Å². The SMILES string of the molecule is Cc1cc(=O)[nH]c(-c2cccc(NC(=O)C(C)Oc3ccccc3)c2)n1. The van der Waals surface area contributed by atoms with Crippen molar-refractivity contribution in [2.45, 2.75) is 20.0 Å². The molecule has 3 aromatic rings. The first-order valence-electron chi connectivity index (χ1n) is 8.22. The minimum Gasteiger partial charge on any atom is -0.481 e. The van der Waals surface area contributed by atoms with Crippen LogP contribution in [0.5, 0.6) is 5.75 Å². The number of benzene rings is 2. The summed E-state index contributed by atoms with van der Waals surface area (Å²) >= 11 is 0. The number of H-pyrrole nitrogens is 1. The average molecular weight is 349 g/mol. The first-order valence-corrected chi connectivity index (χ1v) is 8.22. The standard InChI is InChI=1S/C20H19N3O3/c1-13-11-18(24)23-19(21-13)15-7-6-8-16(12-15)22-20(25)14(2)26-17-9-4-3-5-10-17/h3-12,14H,1-2H3,(H,22,25)(H,21,23,24). The van der Waals surface area contributed by atoms with E-state index in [4.69, 9.17) is 4.74 Å². The highest BCUT2D eigenvalue weighted by Crippen LogP contribution is 2.19. The number of rotatable bonds is 5. The van der Waals surface area contributed by atoms with E-state index in [1.165, 1.54) is 6.07 Å². The summed E-state index contributed by atoms with van der Waals surface area (Å²) < 4.78 is 5.62. The van der Waals surface area contributed by atoms with Crippen molar-refractivity contribution in [1.82, 2.24) is 9.97 Å². The van der Waals surface area contributed by atoms with Crippen molar-refractivity contribution in [3.05, 3.63) is 76.7 Å². The molecule has 1 heterocycles. The van der Waals surface area contributed by atoms with Gasteiger partial charge in [0.1, 0.15) is 11.6 Å². The number of hydrogen-bond donors (Lipinski definition) is 2. The molecule has 1 amide bonds. The van der Waals surface area contributed by atoms with Gasteiger partial charge in [0.25, 0.3) is 11.5 Å². The molecular formula is C20H19N3O3. The van der Waals surface area contributed by atoms with Gasteiger partial charge in [-0.2, -0.15) is 0 Å². The molecule has 2 aromatic carbocycles. The Labute approximate surface area is 150 Å². The lowest BCUT2D eigenvalue weighted by atomic mass is 10.1. The van der Waals surface area contributed by atoms with E-state index < -0.39 is 6.10 Å². The van der Waals surface area contributed by atoms with E-state index >= 15 is 0 Å². The summed E-state index contributed by atoms with van der Waals surface area (Å²) in [6.45, 7) is 3.44. The molecule has 0 aliphatic rings. The van der Waals surface area contributed by atoms with Crippen LogP contribution in [0.1, 0.15) is 12.6 Å². The molecular weight excluding hydrogens is 330 g/mol. The van der Waals surface area contributed by atoms with Gasteiger partial charge in [-0.1, -0.05) is 30.3 Å². The highest BCUT2D eigenvalue weighted by Gasteiger charge is 2.15. The van der Waals surface area contributed by atoms with Gasteiger partial charge in [-0.25, -0.2) is 4.98 Å². The number of carbonyl (C=O) groups is 1. The van der Waals surface area contributed by atoms with Crippen molar-refractivity contribution >= 4 is 11.6 Å². The van der Waals surface area contributed by atoms with Gasteiger partial charge in [0, 0.05) is 23.0 Å². The Morgan fingerprint density at radius 3 is 2.62 bits per heavy atom. The van der Waals surface area contributed by atoms with Gasteiger partial charge in [0.15, 0.2) is 6.10 Å². The zero-order valence-corrected chi connectivity index (χ0v) is 14.5. The number of anilines is 1. The first-order chi connectivity index (χ1) is 12.5. The van der Waals surface area contributed by atoms with Crippen LogP contribution in [0.15, 0.2) is 65.5 Å². The maximum absolute atomic E-state index is 12.4. The van der Waals surface area contributed by atoms with Crippen molar-refractivity contribution in [3.8, 4) is 17.1 Å². The third-order valence-electron chi connectivity index (χ3n) is 3.70. The van der Waals surface area contributed by atoms with Gasteiger partial charge >= 0.3 is 0 Å². The van der Waals surface area contributed by atoms with Crippen LogP contribution in [0, 0.1) is 6.92 Å². The average Bonchev–Trinajstić information content (AvgIpc) is 2.62. The van der Waals surface area contributed by atoms with Gasteiger partial charge in [0.05, 0.1) is 0 Å². The predicted molar refractivity (Wildman–Crippen MR) is 100 cm³/mol. The molecule has 0 fully saturated rings. The highest BCUT2D eigenvalue weighted by atomic mass is 16.5. The molecule has 1 aromatic heterocycles. The fraction of sp³-hybridized carbons (Fsp3) is 0.150. The van der Waals surface area contributed by atoms with E-state index in [1.54, 1.807) is 44.2 Å². The van der Waals surface area contributed by atoms with Crippen molar-refractivity contribution in [1.29, 1.82) is 0 Å². The molecule has 0 saturated carbocycles. The van der Waals surface area contributed by atoms with E-state index in [9.17, 15) is 9.59 Å². The van der Waals surface area contributed by atoms with Gasteiger partial charge < -0.3 is 15.0 Å². The molecule has 1 unspecified atom stereocenters. The summed E-state index contributed by atoms with van der Waals surface area (Å²) in [5.41, 5.74) is 1.72. The monoisotopic (exact) mass is 349 g/mol. The number of hydrogen-bond acceptors (Lipinski definition) is 4. The minimum atomic E-state index is -0.655. The third kappa shape index (κ3) is 4.36. The fourth-order valence-corrected chi connectivity index (χ4v) is 2.46. The number of ether oxygens (including phenoxy) is 1. The molecule has 132 valence electrons. The van der Waals surface area contributed by atoms with Crippen molar-refractivity contribution < 1.29 is 9.53 Å². The molecule has 3 rings (SSSR count). The molecule has 6 heteroatoms. The van der Waals surface area contributed by atoms with Crippen molar-refractivity contribution in [2.75, 3.05) is 5.32 Å². The number of nitrogens with zero attached hydrogens (tertiary/aromatic N) is 1. The van der Waals surface area contributed by atoms with E-state index in [-0.39, 0.29) is 11.5 Å². The molecule has 0 radical (unpaired) electrons. The zero-order chi connectivity index (χ0) is 18.5. The maximum Gasteiger partial charge on any atom is 0.265 e. The van der Waals surface area contributed by atoms with Crippen LogP contribution in [0.4, 0.5) is 5.69 Å². The number of aromatic amines is 1. The number of para-hydroxylation sites is 1.